The summed E-state index contributed by atoms with van der Waals surface area (Å²) in [6, 6.07) is 10.8. The first kappa shape index (κ1) is 13.5. The number of hydrogen-bond acceptors (Lipinski definition) is 5. The highest BCUT2D eigenvalue weighted by molar-refractivity contribution is 6.31. The van der Waals surface area contributed by atoms with Crippen molar-refractivity contribution in [3.8, 4) is 11.5 Å². The molecular formula is C13H14ClN3O2. The minimum atomic E-state index is 0.231. The third-order valence-electron chi connectivity index (χ3n) is 2.50. The van der Waals surface area contributed by atoms with E-state index in [1.165, 1.54) is 0 Å². The molecule has 19 heavy (non-hydrogen) atoms. The molecule has 0 spiro atoms. The normalized spacial score (nSPS) is 10.1. The summed E-state index contributed by atoms with van der Waals surface area (Å²) in [6.45, 7) is 0.231. The Balaban J connectivity index is 2.14. The van der Waals surface area contributed by atoms with E-state index in [-0.39, 0.29) is 6.61 Å². The van der Waals surface area contributed by atoms with Crippen LogP contribution in [0.3, 0.4) is 0 Å². The Kier molecular flexibility index (Phi) is 4.43. The van der Waals surface area contributed by atoms with Gasteiger partial charge in [-0.05, 0) is 24.3 Å². The fraction of sp³-hybridized carbons (Fsp3) is 0.154. The Morgan fingerprint density at radius 3 is 2.63 bits per heavy atom. The predicted octanol–water partition coefficient (Wildman–Crippen LogP) is 2.61. The lowest BCUT2D eigenvalue weighted by Gasteiger charge is -2.11. The summed E-state index contributed by atoms with van der Waals surface area (Å²) in [5.41, 5.74) is 3.07. The summed E-state index contributed by atoms with van der Waals surface area (Å²) in [4.78, 5) is 4.23. The summed E-state index contributed by atoms with van der Waals surface area (Å²) in [5, 5.41) is 0.522. The smallest absolute Gasteiger partial charge is 0.161 e. The number of anilines is 1. The van der Waals surface area contributed by atoms with Crippen molar-refractivity contribution in [3.05, 3.63) is 47.1 Å². The summed E-state index contributed by atoms with van der Waals surface area (Å²) >= 11 is 6.05. The van der Waals surface area contributed by atoms with Gasteiger partial charge in [-0.15, -0.1) is 0 Å². The number of aromatic nitrogens is 1. The van der Waals surface area contributed by atoms with Crippen molar-refractivity contribution >= 4 is 17.4 Å². The van der Waals surface area contributed by atoms with Crippen LogP contribution in [0.2, 0.25) is 5.02 Å². The quantitative estimate of drug-likeness (QED) is 0.650. The fourth-order valence-electron chi connectivity index (χ4n) is 1.55. The average molecular weight is 280 g/mol. The second-order valence-electron chi connectivity index (χ2n) is 3.71. The van der Waals surface area contributed by atoms with E-state index in [9.17, 15) is 0 Å². The molecule has 1 heterocycles. The molecule has 0 aliphatic carbocycles. The first-order chi connectivity index (χ1) is 9.24. The summed E-state index contributed by atoms with van der Waals surface area (Å²) in [6.07, 6.45) is 0. The van der Waals surface area contributed by atoms with Crippen molar-refractivity contribution in [3.63, 3.8) is 0 Å². The van der Waals surface area contributed by atoms with Gasteiger partial charge in [-0.1, -0.05) is 23.7 Å². The second-order valence-corrected chi connectivity index (χ2v) is 4.12. The number of nitrogens with one attached hydrogen (secondary N) is 1. The number of hydrazine groups is 1. The molecule has 100 valence electrons. The van der Waals surface area contributed by atoms with Crippen LogP contribution in [0.15, 0.2) is 36.4 Å². The fourth-order valence-corrected chi connectivity index (χ4v) is 1.71. The highest BCUT2D eigenvalue weighted by Crippen LogP contribution is 2.27. The lowest BCUT2D eigenvalue weighted by molar-refractivity contribution is 0.281. The van der Waals surface area contributed by atoms with Crippen LogP contribution in [0.5, 0.6) is 11.5 Å². The molecule has 1 aromatic carbocycles. The van der Waals surface area contributed by atoms with E-state index in [0.717, 1.165) is 0 Å². The van der Waals surface area contributed by atoms with Gasteiger partial charge in [0.25, 0.3) is 0 Å². The molecule has 0 saturated carbocycles. The molecule has 0 amide bonds. The zero-order chi connectivity index (χ0) is 13.7. The molecule has 0 aliphatic heterocycles. The lowest BCUT2D eigenvalue weighted by atomic mass is 10.3. The van der Waals surface area contributed by atoms with E-state index in [4.69, 9.17) is 26.9 Å². The van der Waals surface area contributed by atoms with Crippen molar-refractivity contribution < 1.29 is 9.47 Å². The number of benzene rings is 1. The van der Waals surface area contributed by atoms with Crippen LogP contribution in [0.25, 0.3) is 0 Å². The van der Waals surface area contributed by atoms with Crippen LogP contribution in [0.4, 0.5) is 5.82 Å². The number of pyridine rings is 1. The molecule has 0 fully saturated rings. The molecule has 3 N–H and O–H groups in total. The zero-order valence-corrected chi connectivity index (χ0v) is 11.1. The van der Waals surface area contributed by atoms with Crippen LogP contribution >= 0.6 is 11.6 Å². The number of nitrogen functional groups attached to an aromatic ring is 1. The highest BCUT2D eigenvalue weighted by Gasteiger charge is 2.07. The van der Waals surface area contributed by atoms with Gasteiger partial charge < -0.3 is 14.9 Å². The number of halogens is 1. The molecule has 0 atom stereocenters. The number of para-hydroxylation sites is 2. The maximum absolute atomic E-state index is 6.05. The first-order valence-electron chi connectivity index (χ1n) is 5.62. The molecule has 0 saturated heterocycles. The number of nitrogens with zero attached hydrogens (tertiary/aromatic N) is 1. The number of nitrogens with two attached hydrogens (primary N) is 1. The van der Waals surface area contributed by atoms with Gasteiger partial charge in [-0.25, -0.2) is 10.8 Å². The number of rotatable bonds is 5. The molecule has 2 rings (SSSR count). The van der Waals surface area contributed by atoms with Crippen molar-refractivity contribution in [1.29, 1.82) is 0 Å². The van der Waals surface area contributed by atoms with Gasteiger partial charge in [-0.2, -0.15) is 0 Å². The third kappa shape index (κ3) is 3.27. The van der Waals surface area contributed by atoms with Gasteiger partial charge in [0.2, 0.25) is 0 Å². The Labute approximate surface area is 116 Å². The van der Waals surface area contributed by atoms with Gasteiger partial charge >= 0.3 is 0 Å². The van der Waals surface area contributed by atoms with Crippen LogP contribution in [0.1, 0.15) is 5.69 Å². The minimum absolute atomic E-state index is 0.231. The standard InChI is InChI=1S/C13H14ClN3O2/c1-18-11-4-2-3-5-12(11)19-8-10-9(14)6-7-13(16-10)17-15/h2-7H,8,15H2,1H3,(H,16,17). The largest absolute Gasteiger partial charge is 0.493 e. The van der Waals surface area contributed by atoms with Crippen molar-refractivity contribution in [2.45, 2.75) is 6.61 Å². The van der Waals surface area contributed by atoms with Crippen LogP contribution in [-0.2, 0) is 6.61 Å². The van der Waals surface area contributed by atoms with E-state index < -0.39 is 0 Å². The topological polar surface area (TPSA) is 69.4 Å². The number of methoxy groups -OCH3 is 1. The van der Waals surface area contributed by atoms with Crippen molar-refractivity contribution in [2.75, 3.05) is 12.5 Å². The Morgan fingerprint density at radius 1 is 1.21 bits per heavy atom. The van der Waals surface area contributed by atoms with Gasteiger partial charge in [0.15, 0.2) is 11.5 Å². The summed E-state index contributed by atoms with van der Waals surface area (Å²) in [5.74, 6) is 7.13. The molecule has 0 radical (unpaired) electrons. The van der Waals surface area contributed by atoms with Gasteiger partial charge in [0, 0.05) is 0 Å². The maximum atomic E-state index is 6.05. The lowest BCUT2D eigenvalue weighted by Crippen LogP contribution is -2.10. The predicted molar refractivity (Wildman–Crippen MR) is 74.4 cm³/mol. The molecule has 0 unspecified atom stereocenters. The Bertz CT molecular complexity index is 563. The SMILES string of the molecule is COc1ccccc1OCc1nc(NN)ccc1Cl. The molecular weight excluding hydrogens is 266 g/mol. The van der Waals surface area contributed by atoms with Crippen molar-refractivity contribution in [1.82, 2.24) is 4.98 Å². The van der Waals surface area contributed by atoms with E-state index >= 15 is 0 Å². The maximum Gasteiger partial charge on any atom is 0.161 e. The van der Waals surface area contributed by atoms with E-state index in [0.29, 0.717) is 28.0 Å². The van der Waals surface area contributed by atoms with Crippen molar-refractivity contribution in [2.24, 2.45) is 5.84 Å². The van der Waals surface area contributed by atoms with Crippen LogP contribution in [0, 0.1) is 0 Å². The highest BCUT2D eigenvalue weighted by atomic mass is 35.5. The second kappa shape index (κ2) is 6.26. The number of hydrogen-bond donors (Lipinski definition) is 2. The monoisotopic (exact) mass is 279 g/mol. The number of ether oxygens (including phenoxy) is 2. The molecule has 1 aromatic heterocycles. The minimum Gasteiger partial charge on any atom is -0.493 e. The van der Waals surface area contributed by atoms with E-state index in [1.807, 2.05) is 24.3 Å². The van der Waals surface area contributed by atoms with Gasteiger partial charge in [0.05, 0.1) is 17.8 Å². The Morgan fingerprint density at radius 2 is 1.95 bits per heavy atom. The zero-order valence-electron chi connectivity index (χ0n) is 10.4. The van der Waals surface area contributed by atoms with Crippen LogP contribution in [-0.4, -0.2) is 12.1 Å². The summed E-state index contributed by atoms with van der Waals surface area (Å²) in [7, 11) is 1.59. The third-order valence-corrected chi connectivity index (χ3v) is 2.84. The summed E-state index contributed by atoms with van der Waals surface area (Å²) < 4.78 is 10.9. The molecule has 0 aliphatic rings. The first-order valence-corrected chi connectivity index (χ1v) is 6.00. The Hall–Kier alpha value is -1.98. The van der Waals surface area contributed by atoms with E-state index in [1.54, 1.807) is 19.2 Å². The van der Waals surface area contributed by atoms with Gasteiger partial charge in [-0.3, -0.25) is 0 Å². The molecule has 5 nitrogen and oxygen atoms in total. The molecule has 0 bridgehead atoms. The van der Waals surface area contributed by atoms with Crippen LogP contribution < -0.4 is 20.7 Å². The molecule has 6 heteroatoms. The molecule has 2 aromatic rings. The average Bonchev–Trinajstić information content (AvgIpc) is 2.46. The van der Waals surface area contributed by atoms with Gasteiger partial charge in [0.1, 0.15) is 12.4 Å². The van der Waals surface area contributed by atoms with E-state index in [2.05, 4.69) is 10.4 Å².